The fourth-order valence-electron chi connectivity index (χ4n) is 5.83. The summed E-state index contributed by atoms with van der Waals surface area (Å²) in [4.78, 5) is 22.3. The van der Waals surface area contributed by atoms with Crippen LogP contribution in [0.25, 0.3) is 11.1 Å². The molecule has 0 radical (unpaired) electrons. The van der Waals surface area contributed by atoms with Crippen LogP contribution < -0.4 is 8.61 Å². The molecular weight excluding hydrogens is 574 g/mol. The van der Waals surface area contributed by atoms with Gasteiger partial charge in [0.05, 0.1) is 23.0 Å². The lowest BCUT2D eigenvalue weighted by Crippen LogP contribution is -2.57. The number of pyridine rings is 1. The average Bonchev–Trinajstić information content (AvgIpc) is 3.84. The Morgan fingerprint density at radius 1 is 1.00 bits per heavy atom. The second kappa shape index (κ2) is 10.5. The summed E-state index contributed by atoms with van der Waals surface area (Å²) in [5.41, 5.74) is 2.29. The van der Waals surface area contributed by atoms with E-state index in [1.807, 2.05) is 0 Å². The molecule has 10 nitrogen and oxygen atoms in total. The summed E-state index contributed by atoms with van der Waals surface area (Å²) in [6.07, 6.45) is 6.02. The molecule has 0 N–H and O–H groups in total. The number of nitriles is 1. The molecule has 1 atom stereocenters. The van der Waals surface area contributed by atoms with E-state index in [0.717, 1.165) is 44.2 Å². The second-order valence-electron chi connectivity index (χ2n) is 11.5. The minimum Gasteiger partial charge on any atom is -0.352 e. The van der Waals surface area contributed by atoms with Gasteiger partial charge in [0.15, 0.2) is 0 Å². The monoisotopic (exact) mass is 607 g/mol. The van der Waals surface area contributed by atoms with Gasteiger partial charge in [0.2, 0.25) is 5.91 Å². The lowest BCUT2D eigenvalue weighted by atomic mass is 9.98. The van der Waals surface area contributed by atoms with E-state index in [9.17, 15) is 26.9 Å². The largest absolute Gasteiger partial charge is 0.352 e. The Morgan fingerprint density at radius 2 is 1.69 bits per heavy atom. The molecule has 1 saturated heterocycles. The molecule has 1 aromatic heterocycles. The highest BCUT2D eigenvalue weighted by Crippen LogP contribution is 2.46. The van der Waals surface area contributed by atoms with Crippen LogP contribution in [0.1, 0.15) is 55.7 Å². The number of carbonyl (C=O) groups is 1. The number of benzene rings is 1. The van der Waals surface area contributed by atoms with Crippen molar-refractivity contribution >= 4 is 37.5 Å². The third-order valence-electron chi connectivity index (χ3n) is 8.46. The van der Waals surface area contributed by atoms with Crippen LogP contribution in [0.5, 0.6) is 0 Å². The summed E-state index contributed by atoms with van der Waals surface area (Å²) in [6.45, 7) is 8.39. The van der Waals surface area contributed by atoms with E-state index in [-0.39, 0.29) is 29.5 Å². The zero-order valence-corrected chi connectivity index (χ0v) is 24.9. The Hall–Kier alpha value is -3.69. The van der Waals surface area contributed by atoms with Gasteiger partial charge in [0.1, 0.15) is 11.9 Å². The van der Waals surface area contributed by atoms with Gasteiger partial charge >= 0.3 is 0 Å². The lowest BCUT2D eigenvalue weighted by Gasteiger charge is -2.43. The minimum atomic E-state index is -4.41. The van der Waals surface area contributed by atoms with Crippen LogP contribution >= 0.6 is 0 Å². The van der Waals surface area contributed by atoms with E-state index in [2.05, 4.69) is 29.0 Å². The van der Waals surface area contributed by atoms with Gasteiger partial charge in [-0.1, -0.05) is 25.3 Å². The van der Waals surface area contributed by atoms with Gasteiger partial charge in [0.25, 0.3) is 20.0 Å². The van der Waals surface area contributed by atoms with Crippen molar-refractivity contribution in [2.75, 3.05) is 28.2 Å². The van der Waals surface area contributed by atoms with E-state index < -0.39 is 20.0 Å². The third kappa shape index (κ3) is 5.31. The van der Waals surface area contributed by atoms with Crippen molar-refractivity contribution < 1.29 is 21.6 Å². The highest BCUT2D eigenvalue weighted by molar-refractivity contribution is 8.12. The Bertz CT molecular complexity index is 1680. The Labute approximate surface area is 247 Å². The number of sulfonamides is 2. The predicted molar refractivity (Wildman–Crippen MR) is 160 cm³/mol. The number of amides is 1. The first kappa shape index (κ1) is 28.4. The molecule has 4 fully saturated rings. The molecule has 1 amide bonds. The third-order valence-corrected chi connectivity index (χ3v) is 11.9. The molecule has 1 aliphatic heterocycles. The zero-order chi connectivity index (χ0) is 29.8. The normalized spacial score (nSPS) is 21.0. The highest BCUT2D eigenvalue weighted by Gasteiger charge is 2.45. The molecule has 42 heavy (non-hydrogen) atoms. The van der Waals surface area contributed by atoms with Crippen LogP contribution in [0.4, 0.5) is 11.5 Å². The van der Waals surface area contributed by atoms with E-state index >= 15 is 0 Å². The maximum atomic E-state index is 13.0. The SMILES string of the molecule is C=CS(=O)(=O)N(c1cccc(-c2cc(C#N)c(N3CCN(C(=O)C4CC4)[C@H](C4CC4)C3)nc2C2CC2)c1)S(=O)(=O)C=C. The Kier molecular flexibility index (Phi) is 7.14. The second-order valence-corrected chi connectivity index (χ2v) is 15.2. The topological polar surface area (TPSA) is 132 Å². The molecule has 1 aromatic carbocycles. The molecule has 0 bridgehead atoms. The fraction of sp³-hybridized carbons (Fsp3) is 0.433. The van der Waals surface area contributed by atoms with Crippen LogP contribution in [0.15, 0.2) is 54.3 Å². The van der Waals surface area contributed by atoms with Crippen molar-refractivity contribution in [3.8, 4) is 17.2 Å². The van der Waals surface area contributed by atoms with Crippen LogP contribution in [0.3, 0.4) is 0 Å². The van der Waals surface area contributed by atoms with Crippen molar-refractivity contribution in [2.45, 2.75) is 50.5 Å². The molecule has 0 spiro atoms. The Morgan fingerprint density at radius 3 is 2.26 bits per heavy atom. The van der Waals surface area contributed by atoms with Crippen LogP contribution in [-0.2, 0) is 24.8 Å². The van der Waals surface area contributed by atoms with Gasteiger partial charge in [-0.3, -0.25) is 4.79 Å². The van der Waals surface area contributed by atoms with Crippen molar-refractivity contribution in [1.82, 2.24) is 9.88 Å². The summed E-state index contributed by atoms with van der Waals surface area (Å²) in [6, 6.07) is 10.4. The smallest absolute Gasteiger partial charge is 0.270 e. The Balaban J connectivity index is 1.38. The summed E-state index contributed by atoms with van der Waals surface area (Å²) < 4.78 is 51.3. The van der Waals surface area contributed by atoms with Gasteiger partial charge < -0.3 is 9.80 Å². The van der Waals surface area contributed by atoms with E-state index in [0.29, 0.717) is 62.6 Å². The van der Waals surface area contributed by atoms with Crippen molar-refractivity contribution in [3.63, 3.8) is 0 Å². The zero-order valence-electron chi connectivity index (χ0n) is 23.2. The maximum Gasteiger partial charge on any atom is 0.270 e. The summed E-state index contributed by atoms with van der Waals surface area (Å²) in [7, 11) is -8.83. The van der Waals surface area contributed by atoms with E-state index in [4.69, 9.17) is 4.98 Å². The molecular formula is C30H33N5O5S2. The number of hydrogen-bond acceptors (Lipinski definition) is 8. The van der Waals surface area contributed by atoms with E-state index in [1.165, 1.54) is 12.1 Å². The van der Waals surface area contributed by atoms with Gasteiger partial charge in [-0.2, -0.15) is 8.97 Å². The molecule has 220 valence electrons. The first-order valence-electron chi connectivity index (χ1n) is 14.2. The molecule has 6 rings (SSSR count). The molecule has 2 heterocycles. The number of rotatable bonds is 10. The molecule has 12 heteroatoms. The van der Waals surface area contributed by atoms with Gasteiger partial charge in [0, 0.05) is 47.8 Å². The average molecular weight is 608 g/mol. The van der Waals surface area contributed by atoms with Gasteiger partial charge in [-0.25, -0.2) is 21.8 Å². The highest BCUT2D eigenvalue weighted by atomic mass is 32.3. The number of carbonyl (C=O) groups excluding carboxylic acids is 1. The summed E-state index contributed by atoms with van der Waals surface area (Å²) in [5.74, 6) is 1.69. The first-order chi connectivity index (χ1) is 20.1. The maximum absolute atomic E-state index is 13.0. The molecule has 2 aromatic rings. The predicted octanol–water partition coefficient (Wildman–Crippen LogP) is 4.09. The first-order valence-corrected chi connectivity index (χ1v) is 17.2. The van der Waals surface area contributed by atoms with Crippen molar-refractivity contribution in [1.29, 1.82) is 5.26 Å². The number of hydrogen-bond donors (Lipinski definition) is 0. The molecule has 0 unspecified atom stereocenters. The molecule has 4 aliphatic rings. The van der Waals surface area contributed by atoms with Crippen LogP contribution in [-0.4, -0.2) is 58.3 Å². The molecule has 3 aliphatic carbocycles. The van der Waals surface area contributed by atoms with Crippen molar-refractivity contribution in [2.24, 2.45) is 11.8 Å². The summed E-state index contributed by atoms with van der Waals surface area (Å²) in [5, 5.41) is 11.4. The van der Waals surface area contributed by atoms with Crippen LogP contribution in [0, 0.1) is 23.2 Å². The number of anilines is 2. The fourth-order valence-corrected chi connectivity index (χ4v) is 8.44. The number of piperazine rings is 1. The lowest BCUT2D eigenvalue weighted by molar-refractivity contribution is -0.135. The molecule has 3 saturated carbocycles. The van der Waals surface area contributed by atoms with Gasteiger partial charge in [-0.05, 0) is 68.2 Å². The number of nitrogens with zero attached hydrogens (tertiary/aromatic N) is 5. The van der Waals surface area contributed by atoms with Crippen LogP contribution in [0.2, 0.25) is 0 Å². The van der Waals surface area contributed by atoms with E-state index in [1.54, 1.807) is 18.2 Å². The standard InChI is InChI=1S/C30H33N5O5S2/c1-3-41(37,38)35(42(39,40)4-2)25-7-5-6-23(16-25)26-17-24(18-31)29(32-28(26)21-10-11-21)33-14-15-34(30(36)22-12-13-22)27(19-33)20-8-9-20/h3-7,16-17,20-22,27H,1-2,8-15,19H2/t27-/m0/s1. The summed E-state index contributed by atoms with van der Waals surface area (Å²) >= 11 is 0. The van der Waals surface area contributed by atoms with Gasteiger partial charge in [-0.15, -0.1) is 0 Å². The minimum absolute atomic E-state index is 0.0969. The number of aromatic nitrogens is 1. The quantitative estimate of drug-likeness (QED) is 0.395. The van der Waals surface area contributed by atoms with Crippen molar-refractivity contribution in [3.05, 3.63) is 65.6 Å².